The number of nitrogens with one attached hydrogen (secondary N) is 2. The summed E-state index contributed by atoms with van der Waals surface area (Å²) in [7, 11) is 1.52. The number of aromatic amines is 2. The number of hydrogen-bond donors (Lipinski definition) is 2. The summed E-state index contributed by atoms with van der Waals surface area (Å²) in [6.45, 7) is 0. The van der Waals surface area contributed by atoms with Crippen LogP contribution in [0.1, 0.15) is 0 Å². The molecule has 6 aromatic rings. The first-order valence-electron chi connectivity index (χ1n) is 10.3. The fourth-order valence-electron chi connectivity index (χ4n) is 4.04. The van der Waals surface area contributed by atoms with Gasteiger partial charge in [-0.05, 0) is 53.6 Å². The van der Waals surface area contributed by atoms with Crippen molar-refractivity contribution in [3.8, 4) is 39.5 Å². The predicted molar refractivity (Wildman–Crippen MR) is 124 cm³/mol. The summed E-state index contributed by atoms with van der Waals surface area (Å²) in [6, 6.07) is 14.3. The highest BCUT2D eigenvalue weighted by molar-refractivity contribution is 6.00. The molecular formula is C25H17FN6O. The van der Waals surface area contributed by atoms with Crippen LogP contribution in [0.2, 0.25) is 0 Å². The number of halogens is 1. The lowest BCUT2D eigenvalue weighted by Crippen LogP contribution is -1.88. The lowest BCUT2D eigenvalue weighted by Gasteiger charge is -2.06. The van der Waals surface area contributed by atoms with Gasteiger partial charge in [0.25, 0.3) is 0 Å². The number of H-pyrrole nitrogens is 2. The molecule has 8 heteroatoms. The summed E-state index contributed by atoms with van der Waals surface area (Å²) >= 11 is 0. The zero-order valence-electron chi connectivity index (χ0n) is 17.5. The van der Waals surface area contributed by atoms with E-state index in [1.54, 1.807) is 30.9 Å². The van der Waals surface area contributed by atoms with Crippen molar-refractivity contribution in [2.45, 2.75) is 0 Å². The van der Waals surface area contributed by atoms with E-state index in [-0.39, 0.29) is 5.82 Å². The van der Waals surface area contributed by atoms with Crippen LogP contribution in [0.15, 0.2) is 73.3 Å². The number of benzene rings is 1. The third-order valence-corrected chi connectivity index (χ3v) is 5.61. The first-order valence-corrected chi connectivity index (χ1v) is 10.3. The second-order valence-electron chi connectivity index (χ2n) is 7.61. The largest absolute Gasteiger partial charge is 0.497 e. The van der Waals surface area contributed by atoms with Crippen LogP contribution in [0, 0.1) is 5.82 Å². The van der Waals surface area contributed by atoms with E-state index >= 15 is 0 Å². The van der Waals surface area contributed by atoms with Crippen LogP contribution in [-0.2, 0) is 0 Å². The Hall–Kier alpha value is -4.59. The van der Waals surface area contributed by atoms with Gasteiger partial charge in [-0.15, -0.1) is 0 Å². The van der Waals surface area contributed by atoms with E-state index in [1.807, 2.05) is 30.3 Å². The van der Waals surface area contributed by atoms with Crippen molar-refractivity contribution in [2.75, 3.05) is 7.11 Å². The van der Waals surface area contributed by atoms with Crippen molar-refractivity contribution in [1.29, 1.82) is 0 Å². The van der Waals surface area contributed by atoms with Crippen molar-refractivity contribution in [1.82, 2.24) is 30.1 Å². The number of nitrogens with zero attached hydrogens (tertiary/aromatic N) is 4. The maximum absolute atomic E-state index is 14.2. The normalized spacial score (nSPS) is 11.3. The maximum atomic E-state index is 14.2. The minimum atomic E-state index is -0.362. The Kier molecular flexibility index (Phi) is 4.36. The monoisotopic (exact) mass is 436 g/mol. The molecule has 0 radical (unpaired) electrons. The van der Waals surface area contributed by atoms with Gasteiger partial charge in [-0.3, -0.25) is 15.1 Å². The first-order chi connectivity index (χ1) is 16.2. The van der Waals surface area contributed by atoms with E-state index in [1.165, 1.54) is 19.2 Å². The average Bonchev–Trinajstić information content (AvgIpc) is 3.47. The van der Waals surface area contributed by atoms with E-state index in [0.29, 0.717) is 17.0 Å². The highest BCUT2D eigenvalue weighted by Crippen LogP contribution is 2.35. The number of aromatic nitrogens is 6. The molecule has 1 aromatic carbocycles. The summed E-state index contributed by atoms with van der Waals surface area (Å²) in [5, 5.41) is 9.34. The summed E-state index contributed by atoms with van der Waals surface area (Å²) < 4.78 is 19.4. The van der Waals surface area contributed by atoms with Crippen molar-refractivity contribution in [2.24, 2.45) is 0 Å². The molecule has 0 aliphatic rings. The molecule has 0 unspecified atom stereocenters. The van der Waals surface area contributed by atoms with Gasteiger partial charge in [-0.25, -0.2) is 9.37 Å². The Morgan fingerprint density at radius 1 is 0.909 bits per heavy atom. The molecule has 0 saturated carbocycles. The lowest BCUT2D eigenvalue weighted by atomic mass is 10.0. The van der Waals surface area contributed by atoms with Gasteiger partial charge in [0.15, 0.2) is 0 Å². The molecule has 0 amide bonds. The number of ether oxygens (including phenoxy) is 1. The fraction of sp³-hybridized carbons (Fsp3) is 0.0400. The summed E-state index contributed by atoms with van der Waals surface area (Å²) in [5.41, 5.74) is 6.33. The van der Waals surface area contributed by atoms with Gasteiger partial charge in [0.05, 0.1) is 30.2 Å². The molecule has 2 N–H and O–H groups in total. The Labute approximate surface area is 187 Å². The van der Waals surface area contributed by atoms with Crippen molar-refractivity contribution < 1.29 is 9.13 Å². The minimum absolute atomic E-state index is 0.362. The molecular weight excluding hydrogens is 419 g/mol. The highest BCUT2D eigenvalue weighted by atomic mass is 19.1. The second kappa shape index (κ2) is 7.52. The van der Waals surface area contributed by atoms with Gasteiger partial charge < -0.3 is 9.72 Å². The van der Waals surface area contributed by atoms with E-state index in [2.05, 4.69) is 30.1 Å². The molecule has 5 heterocycles. The Bertz CT molecular complexity index is 1620. The number of hydrogen-bond acceptors (Lipinski definition) is 5. The van der Waals surface area contributed by atoms with Gasteiger partial charge >= 0.3 is 0 Å². The van der Waals surface area contributed by atoms with Gasteiger partial charge in [-0.1, -0.05) is 0 Å². The van der Waals surface area contributed by atoms with Crippen LogP contribution < -0.4 is 4.74 Å². The van der Waals surface area contributed by atoms with Crippen molar-refractivity contribution in [3.05, 3.63) is 79.1 Å². The molecule has 5 aromatic heterocycles. The average molecular weight is 436 g/mol. The summed E-state index contributed by atoms with van der Waals surface area (Å²) in [4.78, 5) is 16.5. The summed E-state index contributed by atoms with van der Waals surface area (Å²) in [6.07, 6.45) is 6.97. The summed E-state index contributed by atoms with van der Waals surface area (Å²) in [5.74, 6) is 0.0956. The Morgan fingerprint density at radius 2 is 1.85 bits per heavy atom. The first kappa shape index (κ1) is 19.1. The van der Waals surface area contributed by atoms with Crippen LogP contribution in [0.5, 0.6) is 5.75 Å². The fourth-order valence-corrected chi connectivity index (χ4v) is 4.04. The molecule has 33 heavy (non-hydrogen) atoms. The van der Waals surface area contributed by atoms with Crippen molar-refractivity contribution >= 4 is 21.9 Å². The molecule has 0 bridgehead atoms. The van der Waals surface area contributed by atoms with Crippen LogP contribution in [0.3, 0.4) is 0 Å². The van der Waals surface area contributed by atoms with Gasteiger partial charge in [0.1, 0.15) is 22.9 Å². The minimum Gasteiger partial charge on any atom is -0.497 e. The zero-order valence-corrected chi connectivity index (χ0v) is 17.5. The lowest BCUT2D eigenvalue weighted by molar-refractivity contribution is 0.411. The number of pyridine rings is 3. The second-order valence-corrected chi connectivity index (χ2v) is 7.61. The van der Waals surface area contributed by atoms with E-state index < -0.39 is 0 Å². The van der Waals surface area contributed by atoms with Crippen LogP contribution in [-0.4, -0.2) is 37.2 Å². The molecule has 6 rings (SSSR count). The Morgan fingerprint density at radius 3 is 2.70 bits per heavy atom. The number of fused-ring (bicyclic) bond motifs is 2. The predicted octanol–water partition coefficient (Wildman–Crippen LogP) is 5.38. The molecule has 0 aliphatic heterocycles. The van der Waals surface area contributed by atoms with Gasteiger partial charge in [0, 0.05) is 41.0 Å². The zero-order chi connectivity index (χ0) is 22.4. The third kappa shape index (κ3) is 3.28. The number of rotatable bonds is 4. The van der Waals surface area contributed by atoms with Gasteiger partial charge in [-0.2, -0.15) is 5.10 Å². The molecule has 0 atom stereocenters. The number of methoxy groups -OCH3 is 1. The highest BCUT2D eigenvalue weighted by Gasteiger charge is 2.16. The molecule has 0 aliphatic carbocycles. The van der Waals surface area contributed by atoms with Crippen LogP contribution >= 0.6 is 0 Å². The third-order valence-electron chi connectivity index (χ3n) is 5.61. The van der Waals surface area contributed by atoms with Crippen molar-refractivity contribution in [3.63, 3.8) is 0 Å². The van der Waals surface area contributed by atoms with Crippen LogP contribution in [0.25, 0.3) is 55.7 Å². The van der Waals surface area contributed by atoms with E-state index in [4.69, 9.17) is 4.74 Å². The maximum Gasteiger partial charge on any atom is 0.138 e. The van der Waals surface area contributed by atoms with E-state index in [0.717, 1.165) is 44.5 Å². The Balaban J connectivity index is 1.50. The molecule has 0 saturated heterocycles. The van der Waals surface area contributed by atoms with Gasteiger partial charge in [0.2, 0.25) is 0 Å². The smallest absolute Gasteiger partial charge is 0.138 e. The van der Waals surface area contributed by atoms with E-state index in [9.17, 15) is 4.39 Å². The van der Waals surface area contributed by atoms with Crippen LogP contribution in [0.4, 0.5) is 4.39 Å². The molecule has 7 nitrogen and oxygen atoms in total. The molecule has 0 spiro atoms. The standard InChI is InChI=1S/C25H17FN6O/c1-33-17-8-15(7-16(26)9-17)18-4-6-28-25-19(18)10-22(30-25)24-20-11-21(14-3-2-5-27-12-14)29-13-23(20)31-32-24/h2-13H,1H3,(H,28,30)(H,31,32). The quantitative estimate of drug-likeness (QED) is 0.387. The molecule has 160 valence electrons. The topological polar surface area (TPSA) is 92.4 Å². The molecule has 0 fully saturated rings. The SMILES string of the molecule is COc1cc(F)cc(-c2ccnc3[nH]c(-c4n[nH]c5cnc(-c6cccnc6)cc45)cc23)c1.